The zero-order valence-corrected chi connectivity index (χ0v) is 14.0. The zero-order chi connectivity index (χ0) is 19.1. The minimum absolute atomic E-state index is 0.0312. The lowest BCUT2D eigenvalue weighted by Crippen LogP contribution is -2.23. The molecule has 1 aliphatic carbocycles. The Morgan fingerprint density at radius 2 is 2.00 bits per heavy atom. The predicted octanol–water partition coefficient (Wildman–Crippen LogP) is 2.85. The van der Waals surface area contributed by atoms with Gasteiger partial charge in [-0.05, 0) is 37.3 Å². The topological polar surface area (TPSA) is 110 Å². The lowest BCUT2D eigenvalue weighted by atomic mass is 9.90. The molecule has 2 aromatic heterocycles. The van der Waals surface area contributed by atoms with E-state index >= 15 is 0 Å². The number of furan rings is 1. The molecule has 1 aliphatic rings. The van der Waals surface area contributed by atoms with Crippen LogP contribution >= 0.6 is 0 Å². The molecule has 0 bridgehead atoms. The second-order valence-electron chi connectivity index (χ2n) is 5.82. The monoisotopic (exact) mass is 358 g/mol. The van der Waals surface area contributed by atoms with E-state index in [1.807, 2.05) is 6.07 Å². The Balaban J connectivity index is 1.78. The van der Waals surface area contributed by atoms with E-state index in [1.165, 1.54) is 31.3 Å². The van der Waals surface area contributed by atoms with Crippen molar-refractivity contribution in [2.75, 3.05) is 0 Å². The molecule has 0 atom stereocenters. The lowest BCUT2D eigenvalue weighted by Gasteiger charge is -2.12. The van der Waals surface area contributed by atoms with Crippen LogP contribution in [0.5, 0.6) is 5.75 Å². The van der Waals surface area contributed by atoms with Crippen LogP contribution < -0.4 is 4.74 Å². The van der Waals surface area contributed by atoms with Gasteiger partial charge in [0, 0.05) is 6.20 Å². The van der Waals surface area contributed by atoms with E-state index in [-0.39, 0.29) is 39.7 Å². The Kier molecular flexibility index (Phi) is 3.67. The third kappa shape index (κ3) is 2.51. The summed E-state index contributed by atoms with van der Waals surface area (Å²) in [6.45, 7) is 1.47. The summed E-state index contributed by atoms with van der Waals surface area (Å²) in [7, 11) is 0. The molecule has 0 saturated carbocycles. The number of carbonyl (C=O) groups is 3. The van der Waals surface area contributed by atoms with E-state index in [0.29, 0.717) is 5.56 Å². The first kappa shape index (κ1) is 16.4. The number of nitriles is 1. The number of ketones is 2. The number of fused-ring (bicyclic) bond motifs is 2. The smallest absolute Gasteiger partial charge is 0.347 e. The highest BCUT2D eigenvalue weighted by Gasteiger charge is 2.39. The Hall–Kier alpha value is -4.05. The maximum atomic E-state index is 12.8. The summed E-state index contributed by atoms with van der Waals surface area (Å²) >= 11 is 0. The maximum Gasteiger partial charge on any atom is 0.347 e. The molecule has 0 N–H and O–H groups in total. The minimum Gasteiger partial charge on any atom is -0.456 e. The average Bonchev–Trinajstić information content (AvgIpc) is 3.04. The van der Waals surface area contributed by atoms with Crippen LogP contribution in [0.3, 0.4) is 0 Å². The van der Waals surface area contributed by atoms with Gasteiger partial charge in [0.1, 0.15) is 22.8 Å². The van der Waals surface area contributed by atoms with Crippen LogP contribution in [-0.2, 0) is 0 Å². The summed E-state index contributed by atoms with van der Waals surface area (Å²) in [4.78, 5) is 42.1. The third-order valence-corrected chi connectivity index (χ3v) is 4.16. The number of hydrogen-bond acceptors (Lipinski definition) is 7. The van der Waals surface area contributed by atoms with Gasteiger partial charge in [-0.25, -0.2) is 4.79 Å². The summed E-state index contributed by atoms with van der Waals surface area (Å²) < 4.78 is 10.7. The molecular formula is C20H10N2O5. The van der Waals surface area contributed by atoms with Gasteiger partial charge < -0.3 is 9.15 Å². The Morgan fingerprint density at radius 1 is 1.19 bits per heavy atom. The van der Waals surface area contributed by atoms with Gasteiger partial charge in [0.05, 0.1) is 22.8 Å². The van der Waals surface area contributed by atoms with Gasteiger partial charge in [0.2, 0.25) is 11.6 Å². The molecule has 2 heterocycles. The number of aromatic nitrogens is 1. The van der Waals surface area contributed by atoms with Crippen LogP contribution in [0.1, 0.15) is 53.9 Å². The largest absolute Gasteiger partial charge is 0.456 e. The quantitative estimate of drug-likeness (QED) is 0.400. The van der Waals surface area contributed by atoms with Crippen LogP contribution in [0.25, 0.3) is 0 Å². The van der Waals surface area contributed by atoms with Crippen molar-refractivity contribution in [3.8, 4) is 11.8 Å². The molecule has 0 fully saturated rings. The second-order valence-corrected chi connectivity index (χ2v) is 5.82. The summed E-state index contributed by atoms with van der Waals surface area (Å²) in [6.07, 6.45) is 1.40. The molecule has 130 valence electrons. The van der Waals surface area contributed by atoms with E-state index in [9.17, 15) is 14.4 Å². The van der Waals surface area contributed by atoms with Crippen molar-refractivity contribution >= 4 is 17.5 Å². The number of hydrogen-bond donors (Lipinski definition) is 0. The molecule has 0 aliphatic heterocycles. The van der Waals surface area contributed by atoms with E-state index in [2.05, 4.69) is 4.98 Å². The van der Waals surface area contributed by atoms with Gasteiger partial charge >= 0.3 is 5.97 Å². The van der Waals surface area contributed by atoms with Gasteiger partial charge in [-0.15, -0.1) is 0 Å². The average molecular weight is 358 g/mol. The van der Waals surface area contributed by atoms with Gasteiger partial charge in [0.15, 0.2) is 5.76 Å². The highest BCUT2D eigenvalue weighted by Crippen LogP contribution is 2.33. The lowest BCUT2D eigenvalue weighted by molar-refractivity contribution is 0.0729. The number of pyridine rings is 1. The Morgan fingerprint density at radius 3 is 2.78 bits per heavy atom. The van der Waals surface area contributed by atoms with Gasteiger partial charge in [-0.1, -0.05) is 6.07 Å². The Bertz CT molecular complexity index is 1180. The van der Waals surface area contributed by atoms with Crippen LogP contribution in [0, 0.1) is 18.3 Å². The fourth-order valence-corrected chi connectivity index (χ4v) is 2.96. The molecule has 27 heavy (non-hydrogen) atoms. The molecular weight excluding hydrogens is 348 g/mol. The summed E-state index contributed by atoms with van der Waals surface area (Å²) in [5.41, 5.74) is 0.143. The first-order valence-electron chi connectivity index (χ1n) is 7.91. The predicted molar refractivity (Wildman–Crippen MR) is 90.7 cm³/mol. The third-order valence-electron chi connectivity index (χ3n) is 4.16. The fourth-order valence-electron chi connectivity index (χ4n) is 2.96. The molecule has 0 amide bonds. The first-order chi connectivity index (χ1) is 13.0. The number of rotatable bonds is 2. The SMILES string of the molecule is Cc1oc2c(c1C(=O)Oc1cccc(C#N)c1)C(=O)c1ncccc1C2=O. The molecule has 0 spiro atoms. The zero-order valence-electron chi connectivity index (χ0n) is 14.0. The Labute approximate surface area is 152 Å². The molecule has 4 rings (SSSR count). The van der Waals surface area contributed by atoms with Crippen LogP contribution in [-0.4, -0.2) is 22.5 Å². The number of esters is 1. The van der Waals surface area contributed by atoms with Crippen molar-refractivity contribution in [2.24, 2.45) is 0 Å². The van der Waals surface area contributed by atoms with Crippen LogP contribution in [0.15, 0.2) is 47.0 Å². The van der Waals surface area contributed by atoms with Crippen molar-refractivity contribution < 1.29 is 23.5 Å². The highest BCUT2D eigenvalue weighted by molar-refractivity contribution is 6.29. The van der Waals surface area contributed by atoms with Crippen molar-refractivity contribution in [3.63, 3.8) is 0 Å². The number of benzene rings is 1. The van der Waals surface area contributed by atoms with Gasteiger partial charge in [-0.2, -0.15) is 5.26 Å². The highest BCUT2D eigenvalue weighted by atomic mass is 16.5. The van der Waals surface area contributed by atoms with E-state index in [1.54, 1.807) is 18.2 Å². The van der Waals surface area contributed by atoms with Crippen LogP contribution in [0.2, 0.25) is 0 Å². The number of nitrogens with zero attached hydrogens (tertiary/aromatic N) is 2. The van der Waals surface area contributed by atoms with Gasteiger partial charge in [-0.3, -0.25) is 14.6 Å². The molecule has 1 aromatic carbocycles. The molecule has 7 nitrogen and oxygen atoms in total. The van der Waals surface area contributed by atoms with Crippen molar-refractivity contribution in [1.29, 1.82) is 5.26 Å². The summed E-state index contributed by atoms with van der Waals surface area (Å²) in [5.74, 6) is -1.91. The second kappa shape index (κ2) is 6.04. The van der Waals surface area contributed by atoms with Gasteiger partial charge in [0.25, 0.3) is 0 Å². The fraction of sp³-hybridized carbons (Fsp3) is 0.0500. The van der Waals surface area contributed by atoms with Crippen molar-refractivity contribution in [3.05, 3.63) is 82.1 Å². The molecule has 3 aromatic rings. The molecule has 7 heteroatoms. The standard InChI is InChI=1S/C20H10N2O5/c1-10-14(20(25)27-12-5-2-4-11(8-12)9-21)15-18(24)16-13(6-3-7-22-16)17(23)19(15)26-10/h2-8H,1H3. The molecule has 0 saturated heterocycles. The van der Waals surface area contributed by atoms with E-state index in [4.69, 9.17) is 14.4 Å². The summed E-state index contributed by atoms with van der Waals surface area (Å²) in [5, 5.41) is 8.94. The first-order valence-corrected chi connectivity index (χ1v) is 7.91. The number of ether oxygens (including phenoxy) is 1. The van der Waals surface area contributed by atoms with E-state index in [0.717, 1.165) is 0 Å². The molecule has 0 radical (unpaired) electrons. The minimum atomic E-state index is -0.854. The summed E-state index contributed by atoms with van der Waals surface area (Å²) in [6, 6.07) is 11.0. The number of carbonyl (C=O) groups excluding carboxylic acids is 3. The normalized spacial score (nSPS) is 12.1. The molecule has 0 unspecified atom stereocenters. The van der Waals surface area contributed by atoms with Crippen LogP contribution in [0.4, 0.5) is 0 Å². The maximum absolute atomic E-state index is 12.8. The van der Waals surface area contributed by atoms with Crippen molar-refractivity contribution in [1.82, 2.24) is 4.98 Å². The number of aryl methyl sites for hydroxylation is 1. The van der Waals surface area contributed by atoms with E-state index < -0.39 is 17.5 Å². The van der Waals surface area contributed by atoms with Crippen molar-refractivity contribution in [2.45, 2.75) is 6.92 Å².